The van der Waals surface area contributed by atoms with Gasteiger partial charge in [-0.25, -0.2) is 4.98 Å². The summed E-state index contributed by atoms with van der Waals surface area (Å²) >= 11 is 1.56. The number of aromatic nitrogens is 3. The Morgan fingerprint density at radius 3 is 3.00 bits per heavy atom. The first-order valence-electron chi connectivity index (χ1n) is 4.97. The van der Waals surface area contributed by atoms with Crippen molar-refractivity contribution in [2.75, 3.05) is 5.73 Å². The van der Waals surface area contributed by atoms with Gasteiger partial charge < -0.3 is 5.73 Å². The number of nitrogen functional groups attached to an aromatic ring is 1. The van der Waals surface area contributed by atoms with E-state index in [1.54, 1.807) is 17.5 Å². The molecule has 1 unspecified atom stereocenters. The van der Waals surface area contributed by atoms with Gasteiger partial charge in [0.1, 0.15) is 10.7 Å². The molecule has 2 rings (SSSR count). The Morgan fingerprint density at radius 1 is 1.60 bits per heavy atom. The highest BCUT2D eigenvalue weighted by Crippen LogP contribution is 2.27. The van der Waals surface area contributed by atoms with E-state index in [0.29, 0.717) is 11.7 Å². The van der Waals surface area contributed by atoms with Gasteiger partial charge in [0.05, 0.1) is 5.69 Å². The third-order valence-electron chi connectivity index (χ3n) is 2.44. The third-order valence-corrected chi connectivity index (χ3v) is 3.22. The van der Waals surface area contributed by atoms with Crippen molar-refractivity contribution in [1.82, 2.24) is 14.8 Å². The number of hydrogen-bond acceptors (Lipinski definition) is 4. The minimum absolute atomic E-state index is 0.376. The van der Waals surface area contributed by atoms with Crippen LogP contribution in [0.15, 0.2) is 17.8 Å². The molecule has 0 fully saturated rings. The molecular weight excluding hydrogens is 208 g/mol. The van der Waals surface area contributed by atoms with Crippen molar-refractivity contribution in [2.24, 2.45) is 0 Å². The van der Waals surface area contributed by atoms with Gasteiger partial charge in [0.15, 0.2) is 0 Å². The molecule has 5 heteroatoms. The largest absolute Gasteiger partial charge is 0.396 e. The lowest BCUT2D eigenvalue weighted by Gasteiger charge is -2.07. The van der Waals surface area contributed by atoms with Gasteiger partial charge in [-0.05, 0) is 13.3 Å². The van der Waals surface area contributed by atoms with Crippen LogP contribution in [0.1, 0.15) is 26.3 Å². The lowest BCUT2D eigenvalue weighted by atomic mass is 10.3. The molecule has 0 radical (unpaired) electrons. The minimum Gasteiger partial charge on any atom is -0.396 e. The Kier molecular flexibility index (Phi) is 2.73. The normalized spacial score (nSPS) is 12.9. The van der Waals surface area contributed by atoms with E-state index < -0.39 is 0 Å². The molecule has 0 aliphatic rings. The molecule has 2 heterocycles. The summed E-state index contributed by atoms with van der Waals surface area (Å²) in [5.41, 5.74) is 7.40. The molecular formula is C10H14N4S. The highest BCUT2D eigenvalue weighted by atomic mass is 32.1. The minimum atomic E-state index is 0.376. The topological polar surface area (TPSA) is 56.7 Å². The van der Waals surface area contributed by atoms with E-state index in [1.807, 2.05) is 16.3 Å². The molecule has 0 aliphatic heterocycles. The predicted molar refractivity (Wildman–Crippen MR) is 62.7 cm³/mol. The maximum absolute atomic E-state index is 5.91. The fourth-order valence-corrected chi connectivity index (χ4v) is 1.97. The maximum Gasteiger partial charge on any atom is 0.145 e. The summed E-state index contributed by atoms with van der Waals surface area (Å²) in [6, 6.07) is 0.376. The number of rotatable bonds is 3. The molecule has 0 bridgehead atoms. The molecule has 0 aromatic carbocycles. The number of thiazole rings is 1. The zero-order valence-electron chi connectivity index (χ0n) is 8.84. The molecule has 80 valence electrons. The highest BCUT2D eigenvalue weighted by molar-refractivity contribution is 7.13. The SMILES string of the molecule is CCC(C)n1cc(N)c(-c2nccs2)n1. The Bertz CT molecular complexity index is 432. The van der Waals surface area contributed by atoms with Gasteiger partial charge in [0, 0.05) is 23.8 Å². The molecule has 4 nitrogen and oxygen atoms in total. The van der Waals surface area contributed by atoms with Crippen molar-refractivity contribution in [3.05, 3.63) is 17.8 Å². The van der Waals surface area contributed by atoms with Crippen molar-refractivity contribution in [2.45, 2.75) is 26.3 Å². The van der Waals surface area contributed by atoms with Gasteiger partial charge in [-0.2, -0.15) is 5.10 Å². The second-order valence-electron chi connectivity index (χ2n) is 3.51. The van der Waals surface area contributed by atoms with E-state index in [2.05, 4.69) is 23.9 Å². The van der Waals surface area contributed by atoms with Gasteiger partial charge in [-0.15, -0.1) is 11.3 Å². The van der Waals surface area contributed by atoms with Gasteiger partial charge in [-0.3, -0.25) is 4.68 Å². The first-order chi connectivity index (χ1) is 7.22. The molecule has 2 N–H and O–H groups in total. The summed E-state index contributed by atoms with van der Waals surface area (Å²) in [5, 5.41) is 7.27. The maximum atomic E-state index is 5.91. The van der Waals surface area contributed by atoms with Crippen molar-refractivity contribution in [1.29, 1.82) is 0 Å². The van der Waals surface area contributed by atoms with Crippen LogP contribution < -0.4 is 5.73 Å². The van der Waals surface area contributed by atoms with Crippen LogP contribution in [-0.4, -0.2) is 14.8 Å². The smallest absolute Gasteiger partial charge is 0.145 e. The summed E-state index contributed by atoms with van der Waals surface area (Å²) in [4.78, 5) is 4.21. The molecule has 15 heavy (non-hydrogen) atoms. The van der Waals surface area contributed by atoms with E-state index in [1.165, 1.54) is 0 Å². The Balaban J connectivity index is 2.38. The summed E-state index contributed by atoms with van der Waals surface area (Å²) in [6.07, 6.45) is 4.69. The van der Waals surface area contributed by atoms with E-state index in [9.17, 15) is 0 Å². The molecule has 0 spiro atoms. The fourth-order valence-electron chi connectivity index (χ4n) is 1.33. The standard InChI is InChI=1S/C10H14N4S/c1-3-7(2)14-6-8(11)9(13-14)10-12-4-5-15-10/h4-7H,3,11H2,1-2H3. The van der Waals surface area contributed by atoms with Gasteiger partial charge in [0.25, 0.3) is 0 Å². The molecule has 0 saturated carbocycles. The van der Waals surface area contributed by atoms with Gasteiger partial charge in [0.2, 0.25) is 0 Å². The Morgan fingerprint density at radius 2 is 2.40 bits per heavy atom. The molecule has 0 saturated heterocycles. The first kappa shape index (κ1) is 10.2. The fraction of sp³-hybridized carbons (Fsp3) is 0.400. The zero-order chi connectivity index (χ0) is 10.8. The van der Waals surface area contributed by atoms with E-state index in [0.717, 1.165) is 17.1 Å². The van der Waals surface area contributed by atoms with Crippen LogP contribution >= 0.6 is 11.3 Å². The average molecular weight is 222 g/mol. The molecule has 2 aromatic rings. The summed E-state index contributed by atoms with van der Waals surface area (Å²) in [7, 11) is 0. The van der Waals surface area contributed by atoms with Gasteiger partial charge in [-0.1, -0.05) is 6.92 Å². The lowest BCUT2D eigenvalue weighted by Crippen LogP contribution is -2.03. The second-order valence-corrected chi connectivity index (χ2v) is 4.40. The van der Waals surface area contributed by atoms with Crippen LogP contribution in [0.3, 0.4) is 0 Å². The predicted octanol–water partition coefficient (Wildman–Crippen LogP) is 2.56. The summed E-state index contributed by atoms with van der Waals surface area (Å²) in [6.45, 7) is 4.25. The molecule has 0 amide bonds. The van der Waals surface area contributed by atoms with Crippen molar-refractivity contribution in [3.63, 3.8) is 0 Å². The lowest BCUT2D eigenvalue weighted by molar-refractivity contribution is 0.479. The quantitative estimate of drug-likeness (QED) is 0.868. The second kappa shape index (κ2) is 4.02. The van der Waals surface area contributed by atoms with Crippen molar-refractivity contribution in [3.8, 4) is 10.7 Å². The first-order valence-corrected chi connectivity index (χ1v) is 5.84. The Labute approximate surface area is 92.8 Å². The van der Waals surface area contributed by atoms with Gasteiger partial charge >= 0.3 is 0 Å². The number of nitrogens with zero attached hydrogens (tertiary/aromatic N) is 3. The van der Waals surface area contributed by atoms with Crippen LogP contribution in [-0.2, 0) is 0 Å². The van der Waals surface area contributed by atoms with Crippen LogP contribution in [0, 0.1) is 0 Å². The van der Waals surface area contributed by atoms with Crippen LogP contribution in [0.4, 0.5) is 5.69 Å². The Hall–Kier alpha value is -1.36. The van der Waals surface area contributed by atoms with E-state index in [-0.39, 0.29) is 0 Å². The van der Waals surface area contributed by atoms with Crippen LogP contribution in [0.5, 0.6) is 0 Å². The van der Waals surface area contributed by atoms with E-state index in [4.69, 9.17) is 5.73 Å². The average Bonchev–Trinajstić information content (AvgIpc) is 2.84. The van der Waals surface area contributed by atoms with Crippen LogP contribution in [0.25, 0.3) is 10.7 Å². The molecule has 1 atom stereocenters. The monoisotopic (exact) mass is 222 g/mol. The number of anilines is 1. The van der Waals surface area contributed by atoms with Crippen LogP contribution in [0.2, 0.25) is 0 Å². The zero-order valence-corrected chi connectivity index (χ0v) is 9.66. The number of nitrogens with two attached hydrogens (primary N) is 1. The third kappa shape index (κ3) is 1.87. The summed E-state index contributed by atoms with van der Waals surface area (Å²) < 4.78 is 1.91. The molecule has 0 aliphatic carbocycles. The summed E-state index contributed by atoms with van der Waals surface area (Å²) in [5.74, 6) is 0. The molecule has 2 aromatic heterocycles. The number of hydrogen-bond donors (Lipinski definition) is 1. The van der Waals surface area contributed by atoms with Crippen molar-refractivity contribution < 1.29 is 0 Å². The highest BCUT2D eigenvalue weighted by Gasteiger charge is 2.12. The van der Waals surface area contributed by atoms with Crippen molar-refractivity contribution >= 4 is 17.0 Å². The van der Waals surface area contributed by atoms with E-state index >= 15 is 0 Å².